The zero-order valence-corrected chi connectivity index (χ0v) is 15.0. The first-order valence-corrected chi connectivity index (χ1v) is 10.4. The number of fused-ring (bicyclic) bond motifs is 1. The Balaban J connectivity index is 1.59. The maximum absolute atomic E-state index is 11.5. The maximum atomic E-state index is 11.5. The highest BCUT2D eigenvalue weighted by molar-refractivity contribution is 7.91. The van der Waals surface area contributed by atoms with Crippen LogP contribution in [0.2, 0.25) is 0 Å². The predicted molar refractivity (Wildman–Crippen MR) is 95.8 cm³/mol. The van der Waals surface area contributed by atoms with Crippen molar-refractivity contribution in [3.05, 3.63) is 46.8 Å². The summed E-state index contributed by atoms with van der Waals surface area (Å²) in [6.07, 6.45) is 0.787. The SMILES string of the molecule is NS(=O)(=O)c1cc2c(s1)CCN(c1nc(-c3ccccc3)ns1)C2. The summed E-state index contributed by atoms with van der Waals surface area (Å²) in [6.45, 7) is 1.42. The normalized spacial score (nSPS) is 14.6. The van der Waals surface area contributed by atoms with Crippen LogP contribution in [0.25, 0.3) is 11.4 Å². The molecule has 9 heteroatoms. The first kappa shape index (κ1) is 15.7. The molecule has 4 rings (SSSR count). The van der Waals surface area contributed by atoms with Gasteiger partial charge in [-0.25, -0.2) is 13.6 Å². The number of nitrogens with zero attached hydrogens (tertiary/aromatic N) is 3. The van der Waals surface area contributed by atoms with E-state index in [2.05, 4.69) is 14.3 Å². The van der Waals surface area contributed by atoms with Crippen molar-refractivity contribution in [1.82, 2.24) is 9.36 Å². The molecule has 0 aliphatic carbocycles. The smallest absolute Gasteiger partial charge is 0.247 e. The lowest BCUT2D eigenvalue weighted by molar-refractivity contribution is 0.599. The van der Waals surface area contributed by atoms with Crippen LogP contribution in [0.1, 0.15) is 10.4 Å². The van der Waals surface area contributed by atoms with Crippen LogP contribution in [0.3, 0.4) is 0 Å². The Morgan fingerprint density at radius 2 is 2.00 bits per heavy atom. The van der Waals surface area contributed by atoms with E-state index in [4.69, 9.17) is 5.14 Å². The minimum Gasteiger partial charge on any atom is -0.342 e. The standard InChI is InChI=1S/C15H14N4O2S3/c16-24(20,21)13-8-11-9-19(7-6-12(11)22-13)15-17-14(18-23-15)10-4-2-1-3-5-10/h1-5,8H,6-7,9H2,(H2,16,20,21). The van der Waals surface area contributed by atoms with Gasteiger partial charge in [-0.15, -0.1) is 11.3 Å². The number of benzene rings is 1. The van der Waals surface area contributed by atoms with E-state index in [9.17, 15) is 8.42 Å². The first-order valence-electron chi connectivity index (χ1n) is 7.29. The average molecular weight is 379 g/mol. The molecule has 124 valence electrons. The minimum absolute atomic E-state index is 0.233. The van der Waals surface area contributed by atoms with Crippen molar-refractivity contribution in [1.29, 1.82) is 0 Å². The molecule has 0 saturated heterocycles. The Hall–Kier alpha value is -1.81. The lowest BCUT2D eigenvalue weighted by Gasteiger charge is -2.25. The van der Waals surface area contributed by atoms with Crippen molar-refractivity contribution < 1.29 is 8.42 Å². The van der Waals surface area contributed by atoms with Crippen molar-refractivity contribution in [2.24, 2.45) is 5.14 Å². The summed E-state index contributed by atoms with van der Waals surface area (Å²) >= 11 is 2.63. The summed E-state index contributed by atoms with van der Waals surface area (Å²) in [5, 5.41) is 6.08. The minimum atomic E-state index is -3.64. The van der Waals surface area contributed by atoms with Crippen LogP contribution in [-0.2, 0) is 23.0 Å². The number of anilines is 1. The van der Waals surface area contributed by atoms with E-state index in [-0.39, 0.29) is 4.21 Å². The van der Waals surface area contributed by atoms with E-state index in [0.29, 0.717) is 6.54 Å². The first-order chi connectivity index (χ1) is 11.5. The summed E-state index contributed by atoms with van der Waals surface area (Å²) in [4.78, 5) is 7.84. The number of hydrogen-bond acceptors (Lipinski definition) is 7. The fourth-order valence-electron chi connectivity index (χ4n) is 2.66. The molecule has 0 atom stereocenters. The van der Waals surface area contributed by atoms with Gasteiger partial charge in [0, 0.05) is 35.1 Å². The molecule has 1 aromatic carbocycles. The molecule has 0 unspecified atom stereocenters. The highest BCUT2D eigenvalue weighted by atomic mass is 32.2. The Morgan fingerprint density at radius 1 is 1.21 bits per heavy atom. The third-order valence-corrected chi connectivity index (χ3v) is 7.28. The van der Waals surface area contributed by atoms with Crippen LogP contribution in [0, 0.1) is 0 Å². The number of thiophene rings is 1. The molecule has 0 radical (unpaired) electrons. The molecule has 0 fully saturated rings. The predicted octanol–water partition coefficient (Wildman–Crippen LogP) is 2.48. The van der Waals surface area contributed by atoms with Crippen LogP contribution < -0.4 is 10.0 Å². The fourth-order valence-corrected chi connectivity index (χ4v) is 5.34. The molecule has 0 saturated carbocycles. The number of nitrogens with two attached hydrogens (primary N) is 1. The van der Waals surface area contributed by atoms with Crippen molar-refractivity contribution >= 4 is 38.0 Å². The summed E-state index contributed by atoms with van der Waals surface area (Å²) in [7, 11) is -3.64. The van der Waals surface area contributed by atoms with Crippen molar-refractivity contribution in [3.8, 4) is 11.4 Å². The molecule has 3 aromatic rings. The van der Waals surface area contributed by atoms with Crippen LogP contribution in [0.5, 0.6) is 0 Å². The number of rotatable bonds is 3. The van der Waals surface area contributed by atoms with E-state index < -0.39 is 10.0 Å². The lowest BCUT2D eigenvalue weighted by Crippen LogP contribution is -2.29. The number of primary sulfonamides is 1. The quantitative estimate of drug-likeness (QED) is 0.756. The molecule has 1 aliphatic heterocycles. The summed E-state index contributed by atoms with van der Waals surface area (Å²) in [5.41, 5.74) is 2.00. The van der Waals surface area contributed by atoms with Gasteiger partial charge < -0.3 is 4.90 Å². The maximum Gasteiger partial charge on any atom is 0.247 e. The molecule has 24 heavy (non-hydrogen) atoms. The van der Waals surface area contributed by atoms with Crippen LogP contribution in [0.4, 0.5) is 5.13 Å². The van der Waals surface area contributed by atoms with Gasteiger partial charge in [0.2, 0.25) is 15.2 Å². The van der Waals surface area contributed by atoms with Crippen LogP contribution in [0.15, 0.2) is 40.6 Å². The zero-order valence-electron chi connectivity index (χ0n) is 12.5. The topological polar surface area (TPSA) is 89.2 Å². The Morgan fingerprint density at radius 3 is 2.75 bits per heavy atom. The molecule has 2 N–H and O–H groups in total. The molecule has 0 bridgehead atoms. The number of aromatic nitrogens is 2. The third kappa shape index (κ3) is 2.95. The van der Waals surface area contributed by atoms with Gasteiger partial charge in [0.15, 0.2) is 5.82 Å². The second kappa shape index (κ2) is 5.92. The second-order valence-corrected chi connectivity index (χ2v) is 9.15. The fraction of sp³-hybridized carbons (Fsp3) is 0.200. The van der Waals surface area contributed by atoms with Gasteiger partial charge in [0.05, 0.1) is 0 Å². The molecular formula is C15H14N4O2S3. The summed E-state index contributed by atoms with van der Waals surface area (Å²) in [6, 6.07) is 11.5. The zero-order chi connectivity index (χ0) is 16.7. The Bertz CT molecular complexity index is 979. The van der Waals surface area contributed by atoms with Gasteiger partial charge in [0.1, 0.15) is 4.21 Å². The van der Waals surface area contributed by atoms with E-state index in [1.54, 1.807) is 6.07 Å². The molecular weight excluding hydrogens is 364 g/mol. The van der Waals surface area contributed by atoms with Crippen molar-refractivity contribution in [2.75, 3.05) is 11.4 Å². The molecule has 3 heterocycles. The van der Waals surface area contributed by atoms with Gasteiger partial charge in [-0.2, -0.15) is 9.36 Å². The molecule has 0 amide bonds. The van der Waals surface area contributed by atoms with E-state index in [1.807, 2.05) is 30.3 Å². The van der Waals surface area contributed by atoms with Gasteiger partial charge in [-0.05, 0) is 18.1 Å². The Kier molecular flexibility index (Phi) is 3.87. The van der Waals surface area contributed by atoms with Gasteiger partial charge in [-0.1, -0.05) is 30.3 Å². The van der Waals surface area contributed by atoms with E-state index in [0.717, 1.165) is 39.9 Å². The second-order valence-electron chi connectivity index (χ2n) is 5.50. The number of hydrogen-bond donors (Lipinski definition) is 1. The molecule has 6 nitrogen and oxygen atoms in total. The Labute approximate surface area is 147 Å². The third-order valence-electron chi connectivity index (χ3n) is 3.84. The number of sulfonamides is 1. The molecule has 2 aromatic heterocycles. The van der Waals surface area contributed by atoms with Crippen molar-refractivity contribution in [3.63, 3.8) is 0 Å². The van der Waals surface area contributed by atoms with E-state index in [1.165, 1.54) is 22.9 Å². The summed E-state index contributed by atoms with van der Waals surface area (Å²) in [5.74, 6) is 0.719. The summed E-state index contributed by atoms with van der Waals surface area (Å²) < 4.78 is 27.7. The van der Waals surface area contributed by atoms with Gasteiger partial charge >= 0.3 is 0 Å². The lowest BCUT2D eigenvalue weighted by atomic mass is 10.1. The highest BCUT2D eigenvalue weighted by Gasteiger charge is 2.24. The van der Waals surface area contributed by atoms with Crippen LogP contribution >= 0.6 is 22.9 Å². The highest BCUT2D eigenvalue weighted by Crippen LogP contribution is 2.33. The van der Waals surface area contributed by atoms with E-state index >= 15 is 0 Å². The van der Waals surface area contributed by atoms with Crippen molar-refractivity contribution in [2.45, 2.75) is 17.2 Å². The van der Waals surface area contributed by atoms with Gasteiger partial charge in [0.25, 0.3) is 0 Å². The monoisotopic (exact) mass is 378 g/mol. The largest absolute Gasteiger partial charge is 0.342 e. The van der Waals surface area contributed by atoms with Crippen LogP contribution in [-0.4, -0.2) is 24.3 Å². The van der Waals surface area contributed by atoms with Gasteiger partial charge in [-0.3, -0.25) is 0 Å². The average Bonchev–Trinajstić information content (AvgIpc) is 3.21. The molecule has 0 spiro atoms. The molecule has 1 aliphatic rings.